The van der Waals surface area contributed by atoms with E-state index in [1.807, 2.05) is 13.1 Å². The molecule has 2 rings (SSSR count). The highest BCUT2D eigenvalue weighted by molar-refractivity contribution is 5.27. The van der Waals surface area contributed by atoms with Gasteiger partial charge >= 0.3 is 6.01 Å². The second-order valence-corrected chi connectivity index (χ2v) is 4.00. The molecule has 5 nitrogen and oxygen atoms in total. The molecular formula is C12H15FN4O. The SMILES string of the molecule is CN(Cc1cccc(F)c1)c1nnc(CCN)o1. The standard InChI is InChI=1S/C12H15FN4O/c1-17(8-9-3-2-4-10(13)7-9)12-16-15-11(18-12)5-6-14/h2-4,7H,5-6,8,14H2,1H3. The zero-order valence-electron chi connectivity index (χ0n) is 10.1. The highest BCUT2D eigenvalue weighted by Gasteiger charge is 2.10. The summed E-state index contributed by atoms with van der Waals surface area (Å²) in [6.07, 6.45) is 0.556. The molecule has 0 saturated carbocycles. The summed E-state index contributed by atoms with van der Waals surface area (Å²) in [5.74, 6) is 0.258. The molecule has 2 N–H and O–H groups in total. The number of anilines is 1. The fourth-order valence-electron chi connectivity index (χ4n) is 1.60. The fraction of sp³-hybridized carbons (Fsp3) is 0.333. The summed E-state index contributed by atoms with van der Waals surface area (Å²) >= 11 is 0. The first-order valence-corrected chi connectivity index (χ1v) is 5.67. The predicted octanol–water partition coefficient (Wildman–Crippen LogP) is 1.35. The zero-order chi connectivity index (χ0) is 13.0. The van der Waals surface area contributed by atoms with Gasteiger partial charge in [0.1, 0.15) is 5.82 Å². The summed E-state index contributed by atoms with van der Waals surface area (Å²) < 4.78 is 18.5. The van der Waals surface area contributed by atoms with Crippen LogP contribution in [0.15, 0.2) is 28.7 Å². The fourth-order valence-corrected chi connectivity index (χ4v) is 1.60. The van der Waals surface area contributed by atoms with Crippen molar-refractivity contribution in [3.63, 3.8) is 0 Å². The summed E-state index contributed by atoms with van der Waals surface area (Å²) in [6.45, 7) is 0.970. The Bertz CT molecular complexity index is 514. The van der Waals surface area contributed by atoms with Crippen LogP contribution in [0.4, 0.5) is 10.4 Å². The van der Waals surface area contributed by atoms with Crippen molar-refractivity contribution in [1.82, 2.24) is 10.2 Å². The van der Waals surface area contributed by atoms with Gasteiger partial charge in [0.15, 0.2) is 0 Å². The van der Waals surface area contributed by atoms with Crippen LogP contribution in [0.2, 0.25) is 0 Å². The van der Waals surface area contributed by atoms with E-state index in [2.05, 4.69) is 10.2 Å². The minimum Gasteiger partial charge on any atom is -0.408 e. The Hall–Kier alpha value is -1.95. The predicted molar refractivity (Wildman–Crippen MR) is 65.6 cm³/mol. The van der Waals surface area contributed by atoms with Crippen molar-refractivity contribution in [2.75, 3.05) is 18.5 Å². The Labute approximate surface area is 104 Å². The summed E-state index contributed by atoms with van der Waals surface area (Å²) in [5.41, 5.74) is 6.25. The van der Waals surface area contributed by atoms with Crippen LogP contribution in [0.3, 0.4) is 0 Å². The smallest absolute Gasteiger partial charge is 0.318 e. The Balaban J connectivity index is 2.04. The van der Waals surface area contributed by atoms with Gasteiger partial charge < -0.3 is 15.1 Å². The van der Waals surface area contributed by atoms with Gasteiger partial charge in [-0.25, -0.2) is 4.39 Å². The molecule has 0 atom stereocenters. The van der Waals surface area contributed by atoms with Crippen molar-refractivity contribution in [3.05, 3.63) is 41.5 Å². The Morgan fingerprint density at radius 1 is 1.39 bits per heavy atom. The third kappa shape index (κ3) is 3.04. The number of nitrogens with zero attached hydrogens (tertiary/aromatic N) is 3. The van der Waals surface area contributed by atoms with Crippen molar-refractivity contribution in [2.24, 2.45) is 5.73 Å². The molecule has 1 aromatic heterocycles. The van der Waals surface area contributed by atoms with Gasteiger partial charge in [-0.1, -0.05) is 17.2 Å². The first-order valence-electron chi connectivity index (χ1n) is 5.67. The second kappa shape index (κ2) is 5.59. The molecule has 0 bridgehead atoms. The number of nitrogens with two attached hydrogens (primary N) is 1. The lowest BCUT2D eigenvalue weighted by atomic mass is 10.2. The van der Waals surface area contributed by atoms with E-state index in [0.29, 0.717) is 31.4 Å². The minimum absolute atomic E-state index is 0.254. The van der Waals surface area contributed by atoms with Gasteiger partial charge in [0.25, 0.3) is 0 Å². The van der Waals surface area contributed by atoms with Crippen LogP contribution in [0, 0.1) is 5.82 Å². The lowest BCUT2D eigenvalue weighted by Crippen LogP contribution is -2.16. The minimum atomic E-state index is -0.254. The average molecular weight is 250 g/mol. The highest BCUT2D eigenvalue weighted by atomic mass is 19.1. The van der Waals surface area contributed by atoms with Gasteiger partial charge in [-0.05, 0) is 17.7 Å². The molecule has 0 amide bonds. The second-order valence-electron chi connectivity index (χ2n) is 4.00. The first kappa shape index (κ1) is 12.5. The molecule has 0 fully saturated rings. The van der Waals surface area contributed by atoms with E-state index in [4.69, 9.17) is 10.2 Å². The van der Waals surface area contributed by atoms with Crippen molar-refractivity contribution in [2.45, 2.75) is 13.0 Å². The van der Waals surface area contributed by atoms with E-state index in [0.717, 1.165) is 5.56 Å². The monoisotopic (exact) mass is 250 g/mol. The molecule has 6 heteroatoms. The van der Waals surface area contributed by atoms with Crippen LogP contribution in [-0.2, 0) is 13.0 Å². The van der Waals surface area contributed by atoms with Crippen LogP contribution in [0.25, 0.3) is 0 Å². The summed E-state index contributed by atoms with van der Waals surface area (Å²) in [7, 11) is 1.81. The molecule has 18 heavy (non-hydrogen) atoms. The quantitative estimate of drug-likeness (QED) is 0.867. The van der Waals surface area contributed by atoms with Crippen molar-refractivity contribution in [3.8, 4) is 0 Å². The van der Waals surface area contributed by atoms with E-state index in [1.54, 1.807) is 11.0 Å². The molecule has 0 saturated heterocycles. The van der Waals surface area contributed by atoms with Crippen LogP contribution in [0.1, 0.15) is 11.5 Å². The summed E-state index contributed by atoms with van der Waals surface area (Å²) in [6, 6.07) is 6.81. The topological polar surface area (TPSA) is 68.2 Å². The van der Waals surface area contributed by atoms with Gasteiger partial charge in [0, 0.05) is 26.6 Å². The molecular weight excluding hydrogens is 235 g/mol. The van der Waals surface area contributed by atoms with Crippen LogP contribution < -0.4 is 10.6 Å². The van der Waals surface area contributed by atoms with Crippen LogP contribution in [-0.4, -0.2) is 23.8 Å². The number of aromatic nitrogens is 2. The molecule has 0 aliphatic carbocycles. The Kier molecular flexibility index (Phi) is 3.88. The molecule has 0 aliphatic rings. The van der Waals surface area contributed by atoms with E-state index < -0.39 is 0 Å². The maximum absolute atomic E-state index is 13.0. The van der Waals surface area contributed by atoms with Gasteiger partial charge in [-0.3, -0.25) is 0 Å². The maximum atomic E-state index is 13.0. The Morgan fingerprint density at radius 2 is 2.22 bits per heavy atom. The molecule has 0 unspecified atom stereocenters. The lowest BCUT2D eigenvalue weighted by molar-refractivity contribution is 0.489. The van der Waals surface area contributed by atoms with E-state index in [-0.39, 0.29) is 5.82 Å². The van der Waals surface area contributed by atoms with Gasteiger partial charge in [-0.15, -0.1) is 5.10 Å². The van der Waals surface area contributed by atoms with Crippen molar-refractivity contribution < 1.29 is 8.81 Å². The van der Waals surface area contributed by atoms with E-state index >= 15 is 0 Å². The zero-order valence-corrected chi connectivity index (χ0v) is 10.1. The number of rotatable bonds is 5. The molecule has 2 aromatic rings. The average Bonchev–Trinajstić information content (AvgIpc) is 2.78. The van der Waals surface area contributed by atoms with Gasteiger partial charge in [-0.2, -0.15) is 0 Å². The first-order chi connectivity index (χ1) is 8.69. The van der Waals surface area contributed by atoms with Gasteiger partial charge in [0.2, 0.25) is 5.89 Å². The number of halogens is 1. The third-order valence-corrected chi connectivity index (χ3v) is 2.45. The molecule has 1 aromatic carbocycles. The third-order valence-electron chi connectivity index (χ3n) is 2.45. The maximum Gasteiger partial charge on any atom is 0.318 e. The Morgan fingerprint density at radius 3 is 2.94 bits per heavy atom. The normalized spacial score (nSPS) is 10.6. The lowest BCUT2D eigenvalue weighted by Gasteiger charge is -2.13. The van der Waals surface area contributed by atoms with Crippen molar-refractivity contribution >= 4 is 6.01 Å². The number of hydrogen-bond donors (Lipinski definition) is 1. The number of hydrogen-bond acceptors (Lipinski definition) is 5. The molecule has 1 heterocycles. The molecule has 0 aliphatic heterocycles. The summed E-state index contributed by atoms with van der Waals surface area (Å²) in [4.78, 5) is 1.77. The van der Waals surface area contributed by atoms with E-state index in [9.17, 15) is 4.39 Å². The van der Waals surface area contributed by atoms with Crippen LogP contribution in [0.5, 0.6) is 0 Å². The van der Waals surface area contributed by atoms with Crippen molar-refractivity contribution in [1.29, 1.82) is 0 Å². The van der Waals surface area contributed by atoms with Gasteiger partial charge in [0.05, 0.1) is 0 Å². The van der Waals surface area contributed by atoms with Crippen LogP contribution >= 0.6 is 0 Å². The molecule has 0 spiro atoms. The molecule has 0 radical (unpaired) electrons. The summed E-state index contributed by atoms with van der Waals surface area (Å²) in [5, 5.41) is 7.79. The molecule has 96 valence electrons. The highest BCUT2D eigenvalue weighted by Crippen LogP contribution is 2.14. The largest absolute Gasteiger partial charge is 0.408 e. The van der Waals surface area contributed by atoms with E-state index in [1.165, 1.54) is 12.1 Å². The number of benzene rings is 1.